The van der Waals surface area contributed by atoms with Gasteiger partial charge < -0.3 is 5.32 Å². The second-order valence-electron chi connectivity index (χ2n) is 4.79. The van der Waals surface area contributed by atoms with Crippen molar-refractivity contribution in [3.63, 3.8) is 0 Å². The predicted octanol–water partition coefficient (Wildman–Crippen LogP) is 3.10. The van der Waals surface area contributed by atoms with Crippen LogP contribution in [0.5, 0.6) is 0 Å². The molecule has 84 valence electrons. The van der Waals surface area contributed by atoms with Gasteiger partial charge in [0, 0.05) is 29.1 Å². The summed E-state index contributed by atoms with van der Waals surface area (Å²) in [4.78, 5) is 5.73. The van der Waals surface area contributed by atoms with Gasteiger partial charge in [-0.1, -0.05) is 26.8 Å². The van der Waals surface area contributed by atoms with Crippen molar-refractivity contribution in [2.75, 3.05) is 0 Å². The van der Waals surface area contributed by atoms with E-state index in [0.29, 0.717) is 6.04 Å². The molecule has 1 N–H and O–H groups in total. The minimum absolute atomic E-state index is 0.160. The van der Waals surface area contributed by atoms with Crippen molar-refractivity contribution in [1.29, 1.82) is 0 Å². The SMILES string of the molecule is C=CC(C)NCc1cnc(C(C)(C)C)s1. The molecule has 0 saturated carbocycles. The van der Waals surface area contributed by atoms with Gasteiger partial charge in [0.25, 0.3) is 0 Å². The number of hydrogen-bond donors (Lipinski definition) is 1. The summed E-state index contributed by atoms with van der Waals surface area (Å²) in [5.74, 6) is 0. The van der Waals surface area contributed by atoms with Crippen LogP contribution in [0, 0.1) is 0 Å². The van der Waals surface area contributed by atoms with E-state index >= 15 is 0 Å². The highest BCUT2D eigenvalue weighted by Crippen LogP contribution is 2.26. The predicted molar refractivity (Wildman–Crippen MR) is 67.3 cm³/mol. The molecule has 0 radical (unpaired) electrons. The Labute approximate surface area is 96.4 Å². The zero-order valence-electron chi connectivity index (χ0n) is 10.0. The first-order chi connectivity index (χ1) is 6.93. The second kappa shape index (κ2) is 4.90. The monoisotopic (exact) mass is 224 g/mol. The van der Waals surface area contributed by atoms with Crippen LogP contribution in [0.25, 0.3) is 0 Å². The third kappa shape index (κ3) is 3.76. The molecule has 0 amide bonds. The fraction of sp³-hybridized carbons (Fsp3) is 0.583. The molecule has 0 aliphatic carbocycles. The minimum atomic E-state index is 0.160. The summed E-state index contributed by atoms with van der Waals surface area (Å²) in [7, 11) is 0. The quantitative estimate of drug-likeness (QED) is 0.795. The van der Waals surface area contributed by atoms with Crippen molar-refractivity contribution in [3.8, 4) is 0 Å². The van der Waals surface area contributed by atoms with Gasteiger partial charge in [-0.3, -0.25) is 0 Å². The van der Waals surface area contributed by atoms with Crippen LogP contribution in [0.2, 0.25) is 0 Å². The van der Waals surface area contributed by atoms with Crippen LogP contribution in [-0.4, -0.2) is 11.0 Å². The molecule has 1 rings (SSSR count). The lowest BCUT2D eigenvalue weighted by Crippen LogP contribution is -2.22. The fourth-order valence-electron chi connectivity index (χ4n) is 1.08. The maximum atomic E-state index is 4.44. The van der Waals surface area contributed by atoms with E-state index in [1.54, 1.807) is 11.3 Å². The van der Waals surface area contributed by atoms with E-state index in [1.807, 2.05) is 12.3 Å². The summed E-state index contributed by atoms with van der Waals surface area (Å²) in [6.45, 7) is 13.3. The molecule has 0 fully saturated rings. The largest absolute Gasteiger partial charge is 0.306 e. The summed E-state index contributed by atoms with van der Waals surface area (Å²) >= 11 is 1.78. The molecule has 15 heavy (non-hydrogen) atoms. The van der Waals surface area contributed by atoms with Crippen LogP contribution < -0.4 is 5.32 Å². The van der Waals surface area contributed by atoms with Gasteiger partial charge in [-0.2, -0.15) is 0 Å². The Bertz CT molecular complexity index is 323. The normalized spacial score (nSPS) is 13.9. The van der Waals surface area contributed by atoms with Gasteiger partial charge >= 0.3 is 0 Å². The molecule has 1 aromatic heterocycles. The molecule has 0 aliphatic rings. The molecule has 1 heterocycles. The van der Waals surface area contributed by atoms with Gasteiger partial charge in [0.05, 0.1) is 5.01 Å². The Hall–Kier alpha value is -0.670. The highest BCUT2D eigenvalue weighted by molar-refractivity contribution is 7.11. The maximum absolute atomic E-state index is 4.44. The first-order valence-electron chi connectivity index (χ1n) is 5.24. The van der Waals surface area contributed by atoms with E-state index in [4.69, 9.17) is 0 Å². The van der Waals surface area contributed by atoms with Crippen molar-refractivity contribution < 1.29 is 0 Å². The molecule has 0 saturated heterocycles. The van der Waals surface area contributed by atoms with Gasteiger partial charge in [0.15, 0.2) is 0 Å². The van der Waals surface area contributed by atoms with E-state index < -0.39 is 0 Å². The van der Waals surface area contributed by atoms with Crippen molar-refractivity contribution in [3.05, 3.63) is 28.7 Å². The third-order valence-electron chi connectivity index (χ3n) is 2.15. The molecule has 1 aromatic rings. The van der Waals surface area contributed by atoms with Crippen LogP contribution in [0.1, 0.15) is 37.6 Å². The number of thiazole rings is 1. The zero-order valence-corrected chi connectivity index (χ0v) is 10.8. The molecule has 0 aromatic carbocycles. The highest BCUT2D eigenvalue weighted by Gasteiger charge is 2.17. The molecule has 2 nitrogen and oxygen atoms in total. The van der Waals surface area contributed by atoms with Crippen LogP contribution in [0.3, 0.4) is 0 Å². The smallest absolute Gasteiger partial charge is 0.0981 e. The third-order valence-corrected chi connectivity index (χ3v) is 3.57. The van der Waals surface area contributed by atoms with E-state index in [2.05, 4.69) is 44.6 Å². The Balaban J connectivity index is 2.57. The maximum Gasteiger partial charge on any atom is 0.0981 e. The minimum Gasteiger partial charge on any atom is -0.306 e. The molecule has 0 bridgehead atoms. The van der Waals surface area contributed by atoms with Gasteiger partial charge in [-0.15, -0.1) is 17.9 Å². The average Bonchev–Trinajstić information content (AvgIpc) is 2.61. The number of nitrogens with one attached hydrogen (secondary N) is 1. The van der Waals surface area contributed by atoms with E-state index in [1.165, 1.54) is 9.88 Å². The molecule has 1 unspecified atom stereocenters. The lowest BCUT2D eigenvalue weighted by Gasteiger charge is -2.13. The summed E-state index contributed by atoms with van der Waals surface area (Å²) < 4.78 is 0. The lowest BCUT2D eigenvalue weighted by atomic mass is 9.98. The standard InChI is InChI=1S/C12H20N2S/c1-6-9(2)13-7-10-8-14-11(15-10)12(3,4)5/h6,8-9,13H,1,7H2,2-5H3. The number of aromatic nitrogens is 1. The summed E-state index contributed by atoms with van der Waals surface area (Å²) in [5.41, 5.74) is 0.160. The number of nitrogens with zero attached hydrogens (tertiary/aromatic N) is 1. The van der Waals surface area contributed by atoms with Crippen molar-refractivity contribution >= 4 is 11.3 Å². The fourth-order valence-corrected chi connectivity index (χ4v) is 2.00. The van der Waals surface area contributed by atoms with Crippen LogP contribution in [0.15, 0.2) is 18.9 Å². The van der Waals surface area contributed by atoms with Crippen molar-refractivity contribution in [2.24, 2.45) is 0 Å². The Morgan fingerprint density at radius 2 is 2.27 bits per heavy atom. The first-order valence-corrected chi connectivity index (χ1v) is 6.06. The molecule has 0 spiro atoms. The van der Waals surface area contributed by atoms with Crippen LogP contribution >= 0.6 is 11.3 Å². The highest BCUT2D eigenvalue weighted by atomic mass is 32.1. The number of rotatable bonds is 4. The van der Waals surface area contributed by atoms with E-state index in [9.17, 15) is 0 Å². The Morgan fingerprint density at radius 3 is 2.73 bits per heavy atom. The Kier molecular flexibility index (Phi) is 4.05. The van der Waals surface area contributed by atoms with Crippen LogP contribution in [-0.2, 0) is 12.0 Å². The first kappa shape index (κ1) is 12.4. The molecule has 1 atom stereocenters. The molecular formula is C12H20N2S. The average molecular weight is 224 g/mol. The molecule has 0 aliphatic heterocycles. The van der Waals surface area contributed by atoms with Crippen molar-refractivity contribution in [2.45, 2.75) is 45.7 Å². The van der Waals surface area contributed by atoms with Gasteiger partial charge in [0.1, 0.15) is 0 Å². The van der Waals surface area contributed by atoms with Gasteiger partial charge in [-0.05, 0) is 6.92 Å². The Morgan fingerprint density at radius 1 is 1.60 bits per heavy atom. The lowest BCUT2D eigenvalue weighted by molar-refractivity contribution is 0.585. The molecular weight excluding hydrogens is 204 g/mol. The van der Waals surface area contributed by atoms with Crippen molar-refractivity contribution in [1.82, 2.24) is 10.3 Å². The van der Waals surface area contributed by atoms with E-state index in [0.717, 1.165) is 6.54 Å². The van der Waals surface area contributed by atoms with Gasteiger partial charge in [-0.25, -0.2) is 4.98 Å². The topological polar surface area (TPSA) is 24.9 Å². The van der Waals surface area contributed by atoms with Crippen LogP contribution in [0.4, 0.5) is 0 Å². The van der Waals surface area contributed by atoms with E-state index in [-0.39, 0.29) is 5.41 Å². The summed E-state index contributed by atoms with van der Waals surface area (Å²) in [6, 6.07) is 0.352. The summed E-state index contributed by atoms with van der Waals surface area (Å²) in [5, 5.41) is 4.57. The summed E-state index contributed by atoms with van der Waals surface area (Å²) in [6.07, 6.45) is 3.87. The number of hydrogen-bond acceptors (Lipinski definition) is 3. The molecule has 3 heteroatoms. The van der Waals surface area contributed by atoms with Gasteiger partial charge in [0.2, 0.25) is 0 Å². The zero-order chi connectivity index (χ0) is 11.5. The second-order valence-corrected chi connectivity index (χ2v) is 5.90.